The molecule has 2 aromatic rings. The quantitative estimate of drug-likeness (QED) is 0.729. The molecule has 3 rings (SSSR count). The summed E-state index contributed by atoms with van der Waals surface area (Å²) in [5.74, 6) is -2.40. The molecule has 0 bridgehead atoms. The number of thioether (sulfide) groups is 1. The van der Waals surface area contributed by atoms with Gasteiger partial charge >= 0.3 is 5.97 Å². The topological polar surface area (TPSA) is 104 Å². The first-order valence-corrected chi connectivity index (χ1v) is 9.52. The number of carboxylic acids is 1. The van der Waals surface area contributed by atoms with Gasteiger partial charge in [-0.05, 0) is 60.5 Å². The van der Waals surface area contributed by atoms with Gasteiger partial charge < -0.3 is 10.4 Å². The number of anilines is 1. The van der Waals surface area contributed by atoms with Crippen molar-refractivity contribution in [2.24, 2.45) is 0 Å². The highest BCUT2D eigenvalue weighted by molar-refractivity contribution is 8.18. The Morgan fingerprint density at radius 2 is 1.86 bits per heavy atom. The van der Waals surface area contributed by atoms with Crippen molar-refractivity contribution in [2.75, 3.05) is 11.9 Å². The molecule has 1 saturated heterocycles. The van der Waals surface area contributed by atoms with Crippen LogP contribution in [0.2, 0.25) is 0 Å². The van der Waals surface area contributed by atoms with E-state index in [1.54, 1.807) is 19.1 Å². The molecule has 1 aliphatic rings. The SMILES string of the molecule is Cc1ccc(C(=O)O)c(NC(=O)CN2C(=O)S/C(=C\c3ccccc3C)C2=O)c1. The standard InChI is InChI=1S/C21H18N2O5S/c1-12-7-8-15(20(26)27)16(9-12)22-18(24)11-23-19(25)17(29-21(23)28)10-14-6-4-3-5-13(14)2/h3-10H,11H2,1-2H3,(H,22,24)(H,26,27)/b17-10-. The third-order valence-electron chi connectivity index (χ3n) is 4.33. The highest BCUT2D eigenvalue weighted by Crippen LogP contribution is 2.32. The van der Waals surface area contributed by atoms with E-state index in [0.29, 0.717) is 0 Å². The molecule has 1 fully saturated rings. The van der Waals surface area contributed by atoms with Gasteiger partial charge in [0.1, 0.15) is 6.54 Å². The van der Waals surface area contributed by atoms with Crippen LogP contribution in [0, 0.1) is 13.8 Å². The van der Waals surface area contributed by atoms with Crippen LogP contribution in [0.15, 0.2) is 47.4 Å². The van der Waals surface area contributed by atoms with E-state index in [1.807, 2.05) is 31.2 Å². The van der Waals surface area contributed by atoms with Crippen molar-refractivity contribution >= 4 is 46.5 Å². The van der Waals surface area contributed by atoms with Gasteiger partial charge in [-0.25, -0.2) is 4.79 Å². The van der Waals surface area contributed by atoms with Crippen LogP contribution in [0.1, 0.15) is 27.0 Å². The predicted molar refractivity (Wildman–Crippen MR) is 111 cm³/mol. The zero-order chi connectivity index (χ0) is 21.1. The van der Waals surface area contributed by atoms with E-state index in [2.05, 4.69) is 5.32 Å². The Morgan fingerprint density at radius 3 is 2.55 bits per heavy atom. The number of hydrogen-bond acceptors (Lipinski definition) is 5. The molecule has 0 radical (unpaired) electrons. The first-order valence-electron chi connectivity index (χ1n) is 8.71. The molecular formula is C21H18N2O5S. The summed E-state index contributed by atoms with van der Waals surface area (Å²) < 4.78 is 0. The summed E-state index contributed by atoms with van der Waals surface area (Å²) >= 11 is 0.769. The van der Waals surface area contributed by atoms with Gasteiger partial charge in [-0.2, -0.15) is 0 Å². The molecule has 2 aromatic carbocycles. The van der Waals surface area contributed by atoms with Crippen molar-refractivity contribution in [3.63, 3.8) is 0 Å². The number of rotatable bonds is 5. The summed E-state index contributed by atoms with van der Waals surface area (Å²) in [5.41, 5.74) is 2.58. The number of imide groups is 1. The van der Waals surface area contributed by atoms with Gasteiger partial charge in [0.15, 0.2) is 0 Å². The zero-order valence-corrected chi connectivity index (χ0v) is 16.6. The second kappa shape index (κ2) is 8.32. The molecule has 3 amide bonds. The Labute approximate surface area is 171 Å². The molecule has 1 heterocycles. The summed E-state index contributed by atoms with van der Waals surface area (Å²) in [4.78, 5) is 49.6. The lowest BCUT2D eigenvalue weighted by atomic mass is 10.1. The van der Waals surface area contributed by atoms with Crippen molar-refractivity contribution in [1.29, 1.82) is 0 Å². The predicted octanol–water partition coefficient (Wildman–Crippen LogP) is 3.68. The highest BCUT2D eigenvalue weighted by atomic mass is 32.2. The monoisotopic (exact) mass is 410 g/mol. The van der Waals surface area contributed by atoms with E-state index in [4.69, 9.17) is 0 Å². The molecule has 2 N–H and O–H groups in total. The molecule has 148 valence electrons. The lowest BCUT2D eigenvalue weighted by Gasteiger charge is -2.14. The van der Waals surface area contributed by atoms with E-state index >= 15 is 0 Å². The fraction of sp³-hybridized carbons (Fsp3) is 0.143. The molecule has 0 unspecified atom stereocenters. The number of nitrogens with one attached hydrogen (secondary N) is 1. The summed E-state index contributed by atoms with van der Waals surface area (Å²) in [6, 6.07) is 12.0. The van der Waals surface area contributed by atoms with Crippen molar-refractivity contribution < 1.29 is 24.3 Å². The number of benzene rings is 2. The summed E-state index contributed by atoms with van der Waals surface area (Å²) in [6.45, 7) is 3.16. The Hall–Kier alpha value is -3.39. The minimum absolute atomic E-state index is 0.0717. The van der Waals surface area contributed by atoms with Crippen molar-refractivity contribution in [2.45, 2.75) is 13.8 Å². The number of hydrogen-bond donors (Lipinski definition) is 2. The largest absolute Gasteiger partial charge is 0.478 e. The lowest BCUT2D eigenvalue weighted by molar-refractivity contribution is -0.127. The van der Waals surface area contributed by atoms with Crippen LogP contribution in [0.5, 0.6) is 0 Å². The number of carboxylic acid groups (broad SMARTS) is 1. The summed E-state index contributed by atoms with van der Waals surface area (Å²) in [5, 5.41) is 11.2. The van der Waals surface area contributed by atoms with E-state index in [1.165, 1.54) is 12.1 Å². The van der Waals surface area contributed by atoms with Crippen LogP contribution in [0.3, 0.4) is 0 Å². The first kappa shape index (κ1) is 20.3. The smallest absolute Gasteiger partial charge is 0.337 e. The van der Waals surface area contributed by atoms with E-state index in [-0.39, 0.29) is 16.2 Å². The molecule has 0 atom stereocenters. The van der Waals surface area contributed by atoms with Crippen LogP contribution >= 0.6 is 11.8 Å². The van der Waals surface area contributed by atoms with Crippen molar-refractivity contribution in [3.8, 4) is 0 Å². The van der Waals surface area contributed by atoms with Gasteiger partial charge in [-0.1, -0.05) is 30.3 Å². The molecule has 1 aliphatic heterocycles. The van der Waals surface area contributed by atoms with Crippen molar-refractivity contribution in [1.82, 2.24) is 4.90 Å². The first-order chi connectivity index (χ1) is 13.8. The minimum Gasteiger partial charge on any atom is -0.478 e. The second-order valence-corrected chi connectivity index (χ2v) is 7.52. The van der Waals surface area contributed by atoms with E-state index in [9.17, 15) is 24.3 Å². The van der Waals surface area contributed by atoms with Gasteiger partial charge in [0.05, 0.1) is 16.2 Å². The van der Waals surface area contributed by atoms with E-state index < -0.39 is 29.6 Å². The third-order valence-corrected chi connectivity index (χ3v) is 5.24. The molecular weight excluding hydrogens is 392 g/mol. The van der Waals surface area contributed by atoms with Crippen LogP contribution < -0.4 is 5.32 Å². The molecule has 0 spiro atoms. The average molecular weight is 410 g/mol. The number of nitrogens with zero attached hydrogens (tertiary/aromatic N) is 1. The second-order valence-electron chi connectivity index (χ2n) is 6.53. The summed E-state index contributed by atoms with van der Waals surface area (Å²) in [6.07, 6.45) is 1.63. The fourth-order valence-corrected chi connectivity index (χ4v) is 3.64. The van der Waals surface area contributed by atoms with Gasteiger partial charge in [0.2, 0.25) is 5.91 Å². The number of amides is 3. The van der Waals surface area contributed by atoms with Gasteiger partial charge in [-0.15, -0.1) is 0 Å². The van der Waals surface area contributed by atoms with Crippen molar-refractivity contribution in [3.05, 3.63) is 69.6 Å². The van der Waals surface area contributed by atoms with Crippen LogP contribution in [0.25, 0.3) is 6.08 Å². The Morgan fingerprint density at radius 1 is 1.14 bits per heavy atom. The van der Waals surface area contributed by atoms with Gasteiger partial charge in [0, 0.05) is 0 Å². The molecule has 0 aromatic heterocycles. The van der Waals surface area contributed by atoms with Gasteiger partial charge in [-0.3, -0.25) is 19.3 Å². The summed E-state index contributed by atoms with van der Waals surface area (Å²) in [7, 11) is 0. The number of aryl methyl sites for hydroxylation is 2. The maximum atomic E-state index is 12.6. The highest BCUT2D eigenvalue weighted by Gasteiger charge is 2.36. The molecule has 0 aliphatic carbocycles. The third kappa shape index (κ3) is 4.55. The molecule has 7 nitrogen and oxygen atoms in total. The Balaban J connectivity index is 1.76. The van der Waals surface area contributed by atoms with E-state index in [0.717, 1.165) is 33.4 Å². The van der Waals surface area contributed by atoms with Crippen LogP contribution in [-0.2, 0) is 9.59 Å². The lowest BCUT2D eigenvalue weighted by Crippen LogP contribution is -2.36. The average Bonchev–Trinajstić information content (AvgIpc) is 2.91. The fourth-order valence-electron chi connectivity index (χ4n) is 2.81. The number of carbonyl (C=O) groups is 4. The number of carbonyl (C=O) groups excluding carboxylic acids is 3. The number of aromatic carboxylic acids is 1. The van der Waals surface area contributed by atoms with Gasteiger partial charge in [0.25, 0.3) is 11.1 Å². The zero-order valence-electron chi connectivity index (χ0n) is 15.8. The maximum absolute atomic E-state index is 12.6. The molecule has 29 heavy (non-hydrogen) atoms. The normalized spacial score (nSPS) is 15.1. The Bertz CT molecular complexity index is 1060. The molecule has 0 saturated carbocycles. The Kier molecular flexibility index (Phi) is 5.84. The van der Waals surface area contributed by atoms with Crippen LogP contribution in [-0.4, -0.2) is 39.6 Å². The minimum atomic E-state index is -1.19. The maximum Gasteiger partial charge on any atom is 0.337 e. The van der Waals surface area contributed by atoms with Crippen LogP contribution in [0.4, 0.5) is 10.5 Å². The molecule has 8 heteroatoms.